The molecule has 12 heteroatoms. The summed E-state index contributed by atoms with van der Waals surface area (Å²) in [6.45, 7) is 4.13. The molecule has 1 amide bonds. The number of hydrogen-bond donors (Lipinski definition) is 3. The molecule has 0 aliphatic heterocycles. The lowest BCUT2D eigenvalue weighted by atomic mass is 10.1. The van der Waals surface area contributed by atoms with Gasteiger partial charge in [0.15, 0.2) is 0 Å². The SMILES string of the molecule is CC1CC1CNc1cc(C(=O)NC(CCNCC#CC2CC2)COc2ccc(F)nc2)cc(N(C)S(C)(=O)=O)n1. The van der Waals surface area contributed by atoms with Gasteiger partial charge in [0, 0.05) is 25.1 Å². The van der Waals surface area contributed by atoms with Crippen LogP contribution in [-0.2, 0) is 10.0 Å². The van der Waals surface area contributed by atoms with Crippen molar-refractivity contribution in [2.24, 2.45) is 17.8 Å². The van der Waals surface area contributed by atoms with Crippen molar-refractivity contribution in [1.82, 2.24) is 20.6 Å². The van der Waals surface area contributed by atoms with Crippen LogP contribution >= 0.6 is 0 Å². The number of hydrogen-bond acceptors (Lipinski definition) is 8. The molecule has 0 aromatic carbocycles. The van der Waals surface area contributed by atoms with E-state index in [0.29, 0.717) is 55.4 Å². The van der Waals surface area contributed by atoms with Gasteiger partial charge < -0.3 is 20.7 Å². The second-order valence-electron chi connectivity index (χ2n) is 10.5. The zero-order valence-electron chi connectivity index (χ0n) is 23.1. The van der Waals surface area contributed by atoms with Crippen LogP contribution in [0.5, 0.6) is 5.75 Å². The Balaban J connectivity index is 1.45. The maximum absolute atomic E-state index is 13.4. The zero-order chi connectivity index (χ0) is 28.7. The van der Waals surface area contributed by atoms with Crippen molar-refractivity contribution in [3.63, 3.8) is 0 Å². The first-order valence-corrected chi connectivity index (χ1v) is 15.4. The van der Waals surface area contributed by atoms with Crippen LogP contribution in [0.1, 0.15) is 43.0 Å². The molecule has 2 aromatic rings. The first-order valence-electron chi connectivity index (χ1n) is 13.5. The highest BCUT2D eigenvalue weighted by atomic mass is 32.2. The highest BCUT2D eigenvalue weighted by Crippen LogP contribution is 2.37. The number of aromatic nitrogens is 2. The molecule has 2 saturated carbocycles. The maximum atomic E-state index is 13.4. The summed E-state index contributed by atoms with van der Waals surface area (Å²) in [5, 5.41) is 9.51. The van der Waals surface area contributed by atoms with Crippen molar-refractivity contribution in [3.05, 3.63) is 42.0 Å². The van der Waals surface area contributed by atoms with Crippen molar-refractivity contribution >= 4 is 27.6 Å². The topological polar surface area (TPSA) is 126 Å². The van der Waals surface area contributed by atoms with Crippen molar-refractivity contribution in [2.75, 3.05) is 49.2 Å². The average molecular weight is 573 g/mol. The number of nitrogens with one attached hydrogen (secondary N) is 3. The molecule has 0 bridgehead atoms. The van der Waals surface area contributed by atoms with Crippen LogP contribution in [0.2, 0.25) is 0 Å². The van der Waals surface area contributed by atoms with Gasteiger partial charge >= 0.3 is 0 Å². The lowest BCUT2D eigenvalue weighted by molar-refractivity contribution is 0.0918. The summed E-state index contributed by atoms with van der Waals surface area (Å²) < 4.78 is 44.4. The van der Waals surface area contributed by atoms with E-state index in [-0.39, 0.29) is 18.0 Å². The van der Waals surface area contributed by atoms with E-state index < -0.39 is 27.9 Å². The third kappa shape index (κ3) is 9.34. The molecule has 216 valence electrons. The van der Waals surface area contributed by atoms with E-state index in [1.54, 1.807) is 6.07 Å². The first kappa shape index (κ1) is 29.6. The summed E-state index contributed by atoms with van der Waals surface area (Å²) >= 11 is 0. The molecule has 2 aliphatic rings. The number of carbonyl (C=O) groups is 1. The second kappa shape index (κ2) is 13.3. The number of sulfonamides is 1. The Morgan fingerprint density at radius 3 is 2.73 bits per heavy atom. The van der Waals surface area contributed by atoms with Crippen LogP contribution in [0.4, 0.5) is 16.0 Å². The van der Waals surface area contributed by atoms with Crippen LogP contribution in [0, 0.1) is 35.5 Å². The fourth-order valence-corrected chi connectivity index (χ4v) is 4.38. The molecule has 0 spiro atoms. The van der Waals surface area contributed by atoms with Crippen LogP contribution in [0.25, 0.3) is 0 Å². The Morgan fingerprint density at radius 1 is 1.30 bits per heavy atom. The summed E-state index contributed by atoms with van der Waals surface area (Å²) in [4.78, 5) is 21.4. The van der Waals surface area contributed by atoms with Gasteiger partial charge in [0.1, 0.15) is 24.0 Å². The van der Waals surface area contributed by atoms with Gasteiger partial charge in [-0.3, -0.25) is 9.10 Å². The smallest absolute Gasteiger partial charge is 0.251 e. The van der Waals surface area contributed by atoms with Gasteiger partial charge in [-0.1, -0.05) is 18.8 Å². The molecule has 3 N–H and O–H groups in total. The van der Waals surface area contributed by atoms with E-state index in [0.717, 1.165) is 17.0 Å². The number of amides is 1. The fourth-order valence-electron chi connectivity index (χ4n) is 3.95. The Bertz CT molecular complexity index is 1340. The van der Waals surface area contributed by atoms with Gasteiger partial charge in [0.05, 0.1) is 25.0 Å². The summed E-state index contributed by atoms with van der Waals surface area (Å²) in [6, 6.07) is 5.34. The molecule has 4 rings (SSSR count). The molecule has 2 fully saturated rings. The largest absolute Gasteiger partial charge is 0.490 e. The van der Waals surface area contributed by atoms with E-state index in [1.165, 1.54) is 44.3 Å². The minimum Gasteiger partial charge on any atom is -0.490 e. The number of rotatable bonds is 14. The lowest BCUT2D eigenvalue weighted by Crippen LogP contribution is -2.41. The quantitative estimate of drug-likeness (QED) is 0.179. The molecule has 40 heavy (non-hydrogen) atoms. The minimum absolute atomic E-state index is 0.125. The van der Waals surface area contributed by atoms with Gasteiger partial charge in [0.25, 0.3) is 5.91 Å². The predicted octanol–water partition coefficient (Wildman–Crippen LogP) is 2.65. The van der Waals surface area contributed by atoms with Crippen LogP contribution in [0.15, 0.2) is 30.5 Å². The van der Waals surface area contributed by atoms with Crippen molar-refractivity contribution in [2.45, 2.75) is 38.6 Å². The summed E-state index contributed by atoms with van der Waals surface area (Å²) in [7, 11) is -2.19. The molecule has 3 unspecified atom stereocenters. The normalized spacial score (nSPS) is 18.7. The molecule has 2 heterocycles. The molecule has 0 saturated heterocycles. The van der Waals surface area contributed by atoms with Crippen molar-refractivity contribution in [1.29, 1.82) is 0 Å². The lowest BCUT2D eigenvalue weighted by Gasteiger charge is -2.21. The van der Waals surface area contributed by atoms with Crippen molar-refractivity contribution < 1.29 is 22.3 Å². The van der Waals surface area contributed by atoms with Crippen molar-refractivity contribution in [3.8, 4) is 17.6 Å². The number of nitrogens with zero attached hydrogens (tertiary/aromatic N) is 3. The van der Waals surface area contributed by atoms with Gasteiger partial charge in [0.2, 0.25) is 16.0 Å². The summed E-state index contributed by atoms with van der Waals surface area (Å²) in [6.07, 6.45) is 6.37. The van der Waals surface area contributed by atoms with E-state index >= 15 is 0 Å². The maximum Gasteiger partial charge on any atom is 0.251 e. The second-order valence-corrected chi connectivity index (χ2v) is 12.6. The number of anilines is 2. The molecule has 10 nitrogen and oxygen atoms in total. The van der Waals surface area contributed by atoms with E-state index in [1.807, 2.05) is 0 Å². The van der Waals surface area contributed by atoms with Gasteiger partial charge in [-0.25, -0.2) is 18.4 Å². The Morgan fingerprint density at radius 2 is 2.08 bits per heavy atom. The standard InChI is InChI=1S/C28H37FN6O4S/c1-19-13-22(19)16-32-26-14-21(15-27(34-26)35(2)40(3,37)38)28(36)33-23(10-12-30-11-4-5-20-6-7-20)18-39-24-8-9-25(29)31-17-24/h8-9,14-15,17,19-20,22-23,30H,6-7,10-13,16,18H2,1-3H3,(H,32,34)(H,33,36). The Hall–Kier alpha value is -3.43. The third-order valence-corrected chi connectivity index (χ3v) is 8.15. The van der Waals surface area contributed by atoms with Gasteiger partial charge in [-0.05, 0) is 68.3 Å². The minimum atomic E-state index is -3.59. The zero-order valence-corrected chi connectivity index (χ0v) is 23.9. The van der Waals surface area contributed by atoms with Crippen LogP contribution in [-0.4, -0.2) is 69.9 Å². The number of ether oxygens (including phenoxy) is 1. The van der Waals surface area contributed by atoms with E-state index in [2.05, 4.69) is 44.7 Å². The predicted molar refractivity (Wildman–Crippen MR) is 152 cm³/mol. The monoisotopic (exact) mass is 572 g/mol. The summed E-state index contributed by atoms with van der Waals surface area (Å²) in [5.74, 6) is 7.95. The van der Waals surface area contributed by atoms with Gasteiger partial charge in [-0.2, -0.15) is 4.39 Å². The molecule has 2 aliphatic carbocycles. The molecule has 0 radical (unpaired) electrons. The first-order chi connectivity index (χ1) is 19.1. The highest BCUT2D eigenvalue weighted by molar-refractivity contribution is 7.92. The Kier molecular flexibility index (Phi) is 9.81. The van der Waals surface area contributed by atoms with E-state index in [9.17, 15) is 17.6 Å². The van der Waals surface area contributed by atoms with Crippen LogP contribution in [0.3, 0.4) is 0 Å². The third-order valence-electron chi connectivity index (χ3n) is 6.97. The van der Waals surface area contributed by atoms with E-state index in [4.69, 9.17) is 4.74 Å². The highest BCUT2D eigenvalue weighted by Gasteiger charge is 2.32. The molecule has 3 atom stereocenters. The molecule has 2 aromatic heterocycles. The average Bonchev–Trinajstić information content (AvgIpc) is 3.85. The summed E-state index contributed by atoms with van der Waals surface area (Å²) in [5.41, 5.74) is 0.267. The van der Waals surface area contributed by atoms with Gasteiger partial charge in [-0.15, -0.1) is 0 Å². The molecular formula is C28H37FN6O4S. The molecular weight excluding hydrogens is 535 g/mol. The number of halogens is 1. The number of pyridine rings is 2. The Labute approximate surface area is 235 Å². The fraction of sp³-hybridized carbons (Fsp3) is 0.536. The number of carbonyl (C=O) groups excluding carboxylic acids is 1. The van der Waals surface area contributed by atoms with Crippen LogP contribution < -0.4 is 25.0 Å².